The number of rotatable bonds is 0. The molecule has 1 aliphatic heterocycles. The summed E-state index contributed by atoms with van der Waals surface area (Å²) in [5, 5.41) is 0.662. The van der Waals surface area contributed by atoms with Crippen LogP contribution in [-0.2, 0) is 10.2 Å². The minimum absolute atomic E-state index is 0.128. The van der Waals surface area contributed by atoms with E-state index in [1.807, 2.05) is 6.07 Å². The Hall–Kier alpha value is -0.740. The highest BCUT2D eigenvalue weighted by molar-refractivity contribution is 9.10. The third kappa shape index (κ3) is 2.04. The summed E-state index contributed by atoms with van der Waals surface area (Å²) in [6.45, 7) is 4.75. The monoisotopic (exact) mass is 317 g/mol. The lowest BCUT2D eigenvalue weighted by molar-refractivity contribution is 0.178. The van der Waals surface area contributed by atoms with E-state index in [0.717, 1.165) is 15.7 Å². The molecule has 5 heteroatoms. The van der Waals surface area contributed by atoms with Crippen molar-refractivity contribution in [1.82, 2.24) is 0 Å². The fraction of sp³-hybridized carbons (Fsp3) is 0.417. The number of methoxy groups -OCH3 is 1. The van der Waals surface area contributed by atoms with Gasteiger partial charge < -0.3 is 4.74 Å². The summed E-state index contributed by atoms with van der Waals surface area (Å²) in [6.07, 6.45) is -0.347. The van der Waals surface area contributed by atoms with Gasteiger partial charge in [0, 0.05) is 21.5 Å². The summed E-state index contributed by atoms with van der Waals surface area (Å²) in [5.74, 6) is 0. The van der Waals surface area contributed by atoms with Gasteiger partial charge in [-0.2, -0.15) is 0 Å². The third-order valence-electron chi connectivity index (χ3n) is 2.98. The zero-order valence-electron chi connectivity index (χ0n) is 9.88. The molecule has 1 aromatic carbocycles. The van der Waals surface area contributed by atoms with Gasteiger partial charge in [-0.25, -0.2) is 4.79 Å². The van der Waals surface area contributed by atoms with Crippen molar-refractivity contribution < 1.29 is 9.53 Å². The molecule has 92 valence electrons. The predicted molar refractivity (Wildman–Crippen MR) is 71.9 cm³/mol. The molecular formula is C12H13BrClNO2. The van der Waals surface area contributed by atoms with Crippen molar-refractivity contribution in [3.8, 4) is 0 Å². The van der Waals surface area contributed by atoms with Gasteiger partial charge >= 0.3 is 6.09 Å². The van der Waals surface area contributed by atoms with Gasteiger partial charge in [0.2, 0.25) is 0 Å². The molecule has 1 heterocycles. The van der Waals surface area contributed by atoms with Crippen LogP contribution in [0.1, 0.15) is 19.4 Å². The Morgan fingerprint density at radius 2 is 2.18 bits per heavy atom. The Morgan fingerprint density at radius 1 is 1.53 bits per heavy atom. The second kappa shape index (κ2) is 4.18. The molecule has 0 N–H and O–H groups in total. The highest BCUT2D eigenvalue weighted by Crippen LogP contribution is 2.46. The van der Waals surface area contributed by atoms with Crippen LogP contribution in [0.2, 0.25) is 5.02 Å². The van der Waals surface area contributed by atoms with Crippen LogP contribution in [-0.4, -0.2) is 19.7 Å². The van der Waals surface area contributed by atoms with Gasteiger partial charge in [0.1, 0.15) is 0 Å². The van der Waals surface area contributed by atoms with Gasteiger partial charge in [0.25, 0.3) is 0 Å². The van der Waals surface area contributed by atoms with Crippen molar-refractivity contribution in [3.05, 3.63) is 27.2 Å². The fourth-order valence-electron chi connectivity index (χ4n) is 2.18. The number of benzene rings is 1. The Kier molecular flexibility index (Phi) is 3.12. The number of anilines is 1. The van der Waals surface area contributed by atoms with E-state index in [-0.39, 0.29) is 11.5 Å². The molecule has 0 atom stereocenters. The average Bonchev–Trinajstić information content (AvgIpc) is 2.50. The minimum Gasteiger partial charge on any atom is -0.452 e. The van der Waals surface area contributed by atoms with Crippen molar-refractivity contribution in [2.45, 2.75) is 19.3 Å². The number of ether oxygens (including phenoxy) is 1. The number of hydrogen-bond donors (Lipinski definition) is 0. The first-order valence-corrected chi connectivity index (χ1v) is 6.39. The topological polar surface area (TPSA) is 29.5 Å². The third-order valence-corrected chi connectivity index (χ3v) is 3.80. The number of carbonyl (C=O) groups is 1. The molecule has 3 nitrogen and oxygen atoms in total. The first-order chi connectivity index (χ1) is 7.86. The highest BCUT2D eigenvalue weighted by atomic mass is 79.9. The summed E-state index contributed by atoms with van der Waals surface area (Å²) in [5.41, 5.74) is 1.78. The summed E-state index contributed by atoms with van der Waals surface area (Å²) < 4.78 is 5.62. The van der Waals surface area contributed by atoms with Crippen molar-refractivity contribution >= 4 is 39.3 Å². The van der Waals surface area contributed by atoms with E-state index >= 15 is 0 Å². The van der Waals surface area contributed by atoms with Gasteiger partial charge in [-0.05, 0) is 33.6 Å². The zero-order valence-corrected chi connectivity index (χ0v) is 12.2. The maximum absolute atomic E-state index is 11.8. The smallest absolute Gasteiger partial charge is 0.414 e. The quantitative estimate of drug-likeness (QED) is 0.724. The fourth-order valence-corrected chi connectivity index (χ4v) is 3.21. The molecule has 0 saturated heterocycles. The van der Waals surface area contributed by atoms with E-state index < -0.39 is 0 Å². The average molecular weight is 319 g/mol. The van der Waals surface area contributed by atoms with Crippen molar-refractivity contribution in [3.63, 3.8) is 0 Å². The SMILES string of the molecule is COC(=O)N1CC(C)(C)c2cc(Cl)cc(Br)c21. The molecule has 1 amide bonds. The number of carbonyl (C=O) groups excluding carboxylic acids is 1. The van der Waals surface area contributed by atoms with E-state index in [2.05, 4.69) is 29.8 Å². The number of amides is 1. The first kappa shape index (κ1) is 12.7. The summed E-state index contributed by atoms with van der Waals surface area (Å²) >= 11 is 9.51. The van der Waals surface area contributed by atoms with E-state index in [0.29, 0.717) is 11.6 Å². The number of fused-ring (bicyclic) bond motifs is 1. The molecule has 0 bridgehead atoms. The van der Waals surface area contributed by atoms with Gasteiger partial charge in [-0.3, -0.25) is 4.90 Å². The lowest BCUT2D eigenvalue weighted by Gasteiger charge is -2.19. The van der Waals surface area contributed by atoms with Crippen LogP contribution in [0.4, 0.5) is 10.5 Å². The van der Waals surface area contributed by atoms with Crippen LogP contribution < -0.4 is 4.90 Å². The van der Waals surface area contributed by atoms with Crippen LogP contribution in [0.25, 0.3) is 0 Å². The molecule has 0 fully saturated rings. The predicted octanol–water partition coefficient (Wildman–Crippen LogP) is 3.97. The molecule has 0 radical (unpaired) electrons. The summed E-state index contributed by atoms with van der Waals surface area (Å²) in [4.78, 5) is 13.4. The lowest BCUT2D eigenvalue weighted by Crippen LogP contribution is -2.33. The molecule has 0 spiro atoms. The standard InChI is InChI=1S/C12H13BrClNO2/c1-12(2)6-15(11(16)17-3)10-8(12)4-7(14)5-9(10)13/h4-5H,6H2,1-3H3. The summed E-state index contributed by atoms with van der Waals surface area (Å²) in [7, 11) is 1.39. The van der Waals surface area contributed by atoms with E-state index in [4.69, 9.17) is 16.3 Å². The molecule has 17 heavy (non-hydrogen) atoms. The number of hydrogen-bond acceptors (Lipinski definition) is 2. The Labute approximate surface area is 114 Å². The van der Waals surface area contributed by atoms with E-state index in [1.165, 1.54) is 7.11 Å². The Balaban J connectivity index is 2.61. The molecule has 1 aromatic rings. The normalized spacial score (nSPS) is 16.9. The van der Waals surface area contributed by atoms with Gasteiger partial charge in [0.15, 0.2) is 0 Å². The van der Waals surface area contributed by atoms with Crippen LogP contribution in [0.5, 0.6) is 0 Å². The molecule has 1 aliphatic rings. The molecule has 0 unspecified atom stereocenters. The summed E-state index contributed by atoms with van der Waals surface area (Å²) in [6, 6.07) is 3.70. The molecule has 0 aliphatic carbocycles. The van der Waals surface area contributed by atoms with Gasteiger partial charge in [-0.15, -0.1) is 0 Å². The molecule has 0 saturated carbocycles. The largest absolute Gasteiger partial charge is 0.452 e. The van der Waals surface area contributed by atoms with E-state index in [1.54, 1.807) is 11.0 Å². The van der Waals surface area contributed by atoms with Crippen LogP contribution >= 0.6 is 27.5 Å². The molecule has 0 aromatic heterocycles. The maximum Gasteiger partial charge on any atom is 0.414 e. The Bertz CT molecular complexity index is 488. The van der Waals surface area contributed by atoms with Crippen LogP contribution in [0.15, 0.2) is 16.6 Å². The van der Waals surface area contributed by atoms with Gasteiger partial charge in [0.05, 0.1) is 12.8 Å². The van der Waals surface area contributed by atoms with Gasteiger partial charge in [-0.1, -0.05) is 25.4 Å². The maximum atomic E-state index is 11.8. The van der Waals surface area contributed by atoms with Crippen molar-refractivity contribution in [1.29, 1.82) is 0 Å². The molecule has 2 rings (SSSR count). The zero-order chi connectivity index (χ0) is 12.8. The minimum atomic E-state index is -0.347. The van der Waals surface area contributed by atoms with Crippen LogP contribution in [0.3, 0.4) is 0 Å². The number of halogens is 2. The van der Waals surface area contributed by atoms with Crippen molar-refractivity contribution in [2.75, 3.05) is 18.6 Å². The van der Waals surface area contributed by atoms with Crippen LogP contribution in [0, 0.1) is 0 Å². The first-order valence-electron chi connectivity index (χ1n) is 5.22. The van der Waals surface area contributed by atoms with E-state index in [9.17, 15) is 4.79 Å². The second-order valence-corrected chi connectivity index (χ2v) is 6.01. The Morgan fingerprint density at radius 3 is 2.76 bits per heavy atom. The molecular weight excluding hydrogens is 305 g/mol. The number of nitrogens with zero attached hydrogens (tertiary/aromatic N) is 1. The highest BCUT2D eigenvalue weighted by Gasteiger charge is 2.40. The van der Waals surface area contributed by atoms with Crippen molar-refractivity contribution in [2.24, 2.45) is 0 Å². The lowest BCUT2D eigenvalue weighted by atomic mass is 9.87. The second-order valence-electron chi connectivity index (χ2n) is 4.72.